The molecule has 0 saturated carbocycles. The molecule has 0 unspecified atom stereocenters. The van der Waals surface area contributed by atoms with Crippen LogP contribution in [0, 0.1) is 0 Å². The topological polar surface area (TPSA) is 35.5 Å². The van der Waals surface area contributed by atoms with Crippen LogP contribution in [0.15, 0.2) is 54.6 Å². The van der Waals surface area contributed by atoms with Gasteiger partial charge in [-0.15, -0.1) is 0 Å². The van der Waals surface area contributed by atoms with Crippen molar-refractivity contribution in [3.05, 3.63) is 65.7 Å². The number of carbonyl (C=O) groups is 1. The van der Waals surface area contributed by atoms with Crippen LogP contribution in [-0.2, 0) is 0 Å². The summed E-state index contributed by atoms with van der Waals surface area (Å²) in [5.41, 5.74) is 1.52. The van der Waals surface area contributed by atoms with Gasteiger partial charge < -0.3 is 9.47 Å². The minimum Gasteiger partial charge on any atom is -0.497 e. The number of hydrogen-bond acceptors (Lipinski definition) is 3. The molecule has 0 radical (unpaired) electrons. The number of hydrogen-bond donors (Lipinski definition) is 0. The van der Waals surface area contributed by atoms with Crippen molar-refractivity contribution in [2.45, 2.75) is 0 Å². The molecule has 0 aliphatic heterocycles. The lowest BCUT2D eigenvalue weighted by molar-refractivity contribution is 0.104. The van der Waals surface area contributed by atoms with Gasteiger partial charge in [-0.2, -0.15) is 0 Å². The van der Waals surface area contributed by atoms with E-state index >= 15 is 0 Å². The molecule has 0 heterocycles. The van der Waals surface area contributed by atoms with E-state index in [-0.39, 0.29) is 5.78 Å². The van der Waals surface area contributed by atoms with E-state index in [1.54, 1.807) is 44.6 Å². The lowest BCUT2D eigenvalue weighted by Gasteiger charge is -2.02. The van der Waals surface area contributed by atoms with Gasteiger partial charge in [-0.05, 0) is 35.9 Å². The van der Waals surface area contributed by atoms with E-state index in [4.69, 9.17) is 9.47 Å². The van der Waals surface area contributed by atoms with Gasteiger partial charge in [-0.25, -0.2) is 0 Å². The van der Waals surface area contributed by atoms with Gasteiger partial charge >= 0.3 is 0 Å². The molecular weight excluding hydrogens is 252 g/mol. The lowest BCUT2D eigenvalue weighted by atomic mass is 10.1. The second-order valence-electron chi connectivity index (χ2n) is 4.21. The highest BCUT2D eigenvalue weighted by molar-refractivity contribution is 6.07. The average molecular weight is 268 g/mol. The van der Waals surface area contributed by atoms with Gasteiger partial charge in [-0.3, -0.25) is 4.79 Å². The Morgan fingerprint density at radius 1 is 0.950 bits per heavy atom. The van der Waals surface area contributed by atoms with E-state index in [9.17, 15) is 4.79 Å². The molecule has 2 rings (SSSR count). The smallest absolute Gasteiger partial charge is 0.185 e. The Balaban J connectivity index is 2.15. The Morgan fingerprint density at radius 3 is 2.30 bits per heavy atom. The van der Waals surface area contributed by atoms with Crippen LogP contribution in [0.25, 0.3) is 6.08 Å². The second-order valence-corrected chi connectivity index (χ2v) is 4.21. The molecule has 0 bridgehead atoms. The van der Waals surface area contributed by atoms with Gasteiger partial charge in [-0.1, -0.05) is 30.3 Å². The minimum absolute atomic E-state index is 0.0632. The number of ketones is 1. The van der Waals surface area contributed by atoms with Crippen LogP contribution < -0.4 is 9.47 Å². The number of ether oxygens (including phenoxy) is 2. The zero-order chi connectivity index (χ0) is 14.4. The van der Waals surface area contributed by atoms with Gasteiger partial charge in [0.1, 0.15) is 11.5 Å². The molecule has 0 amide bonds. The summed E-state index contributed by atoms with van der Waals surface area (Å²) in [5, 5.41) is 0. The van der Waals surface area contributed by atoms with Crippen molar-refractivity contribution in [2.24, 2.45) is 0 Å². The molecule has 2 aromatic carbocycles. The quantitative estimate of drug-likeness (QED) is 0.614. The molecule has 0 aliphatic rings. The van der Waals surface area contributed by atoms with Crippen molar-refractivity contribution >= 4 is 11.9 Å². The average Bonchev–Trinajstić information content (AvgIpc) is 2.52. The first-order chi connectivity index (χ1) is 9.72. The lowest BCUT2D eigenvalue weighted by Crippen LogP contribution is -1.94. The largest absolute Gasteiger partial charge is 0.497 e. The van der Waals surface area contributed by atoms with Crippen molar-refractivity contribution in [3.63, 3.8) is 0 Å². The molecule has 0 aromatic heterocycles. The molecule has 0 saturated heterocycles. The van der Waals surface area contributed by atoms with E-state index < -0.39 is 0 Å². The summed E-state index contributed by atoms with van der Waals surface area (Å²) < 4.78 is 10.2. The summed E-state index contributed by atoms with van der Waals surface area (Å²) in [4.78, 5) is 12.1. The fourth-order valence-corrected chi connectivity index (χ4v) is 1.79. The van der Waals surface area contributed by atoms with Crippen LogP contribution >= 0.6 is 0 Å². The van der Waals surface area contributed by atoms with Crippen LogP contribution in [-0.4, -0.2) is 20.0 Å². The summed E-state index contributed by atoms with van der Waals surface area (Å²) in [6.07, 6.45) is 3.31. The van der Waals surface area contributed by atoms with Crippen molar-refractivity contribution < 1.29 is 14.3 Å². The van der Waals surface area contributed by atoms with Gasteiger partial charge in [0.05, 0.1) is 14.2 Å². The predicted molar refractivity (Wildman–Crippen MR) is 79.4 cm³/mol. The summed E-state index contributed by atoms with van der Waals surface area (Å²) in [6.45, 7) is 0. The van der Waals surface area contributed by atoms with Crippen LogP contribution in [0.2, 0.25) is 0 Å². The summed E-state index contributed by atoms with van der Waals surface area (Å²) in [7, 11) is 3.19. The Bertz CT molecular complexity index is 630. The van der Waals surface area contributed by atoms with Crippen molar-refractivity contribution in [2.75, 3.05) is 14.2 Å². The first kappa shape index (κ1) is 13.9. The van der Waals surface area contributed by atoms with Crippen LogP contribution in [0.3, 0.4) is 0 Å². The molecule has 3 heteroatoms. The second kappa shape index (κ2) is 6.57. The highest BCUT2D eigenvalue weighted by Gasteiger charge is 2.03. The minimum atomic E-state index is -0.0632. The molecule has 0 aliphatic carbocycles. The third-order valence-electron chi connectivity index (χ3n) is 2.88. The zero-order valence-corrected chi connectivity index (χ0v) is 11.5. The van der Waals surface area contributed by atoms with Gasteiger partial charge in [0.25, 0.3) is 0 Å². The molecule has 0 spiro atoms. The third kappa shape index (κ3) is 3.48. The Kier molecular flexibility index (Phi) is 4.56. The van der Waals surface area contributed by atoms with E-state index in [0.717, 1.165) is 11.3 Å². The Hall–Kier alpha value is -2.55. The van der Waals surface area contributed by atoms with E-state index in [2.05, 4.69) is 0 Å². The number of carbonyl (C=O) groups excluding carboxylic acids is 1. The monoisotopic (exact) mass is 268 g/mol. The van der Waals surface area contributed by atoms with Crippen LogP contribution in [0.1, 0.15) is 15.9 Å². The number of rotatable bonds is 5. The number of allylic oxidation sites excluding steroid dienone is 1. The maximum Gasteiger partial charge on any atom is 0.185 e. The molecule has 20 heavy (non-hydrogen) atoms. The molecule has 0 fully saturated rings. The zero-order valence-electron chi connectivity index (χ0n) is 11.5. The van der Waals surface area contributed by atoms with Crippen molar-refractivity contribution in [1.29, 1.82) is 0 Å². The van der Waals surface area contributed by atoms with E-state index in [1.807, 2.05) is 30.3 Å². The molecule has 3 nitrogen and oxygen atoms in total. The maximum atomic E-state index is 12.1. The summed E-state index contributed by atoms with van der Waals surface area (Å²) in [6, 6.07) is 14.6. The SMILES string of the molecule is COc1cccc(C=CC(=O)c2cccc(OC)c2)c1. The first-order valence-corrected chi connectivity index (χ1v) is 6.23. The van der Waals surface area contributed by atoms with Crippen LogP contribution in [0.5, 0.6) is 11.5 Å². The number of benzene rings is 2. The fourth-order valence-electron chi connectivity index (χ4n) is 1.79. The highest BCUT2D eigenvalue weighted by atomic mass is 16.5. The Labute approximate surface area is 118 Å². The molecule has 0 atom stereocenters. The maximum absolute atomic E-state index is 12.1. The number of methoxy groups -OCH3 is 2. The van der Waals surface area contributed by atoms with Crippen LogP contribution in [0.4, 0.5) is 0 Å². The first-order valence-electron chi connectivity index (χ1n) is 6.23. The summed E-state index contributed by atoms with van der Waals surface area (Å²) >= 11 is 0. The van der Waals surface area contributed by atoms with Crippen molar-refractivity contribution in [1.82, 2.24) is 0 Å². The molecule has 2 aromatic rings. The molecule has 0 N–H and O–H groups in total. The van der Waals surface area contributed by atoms with Crippen molar-refractivity contribution in [3.8, 4) is 11.5 Å². The fraction of sp³-hybridized carbons (Fsp3) is 0.118. The van der Waals surface area contributed by atoms with E-state index in [0.29, 0.717) is 11.3 Å². The molecular formula is C17H16O3. The molecule has 102 valence electrons. The van der Waals surface area contributed by atoms with Gasteiger partial charge in [0.15, 0.2) is 5.78 Å². The van der Waals surface area contributed by atoms with E-state index in [1.165, 1.54) is 0 Å². The van der Waals surface area contributed by atoms with Gasteiger partial charge in [0.2, 0.25) is 0 Å². The normalized spacial score (nSPS) is 10.5. The predicted octanol–water partition coefficient (Wildman–Crippen LogP) is 3.60. The summed E-state index contributed by atoms with van der Waals surface area (Å²) in [5.74, 6) is 1.37. The highest BCUT2D eigenvalue weighted by Crippen LogP contribution is 2.16. The Morgan fingerprint density at radius 2 is 1.60 bits per heavy atom. The van der Waals surface area contributed by atoms with Gasteiger partial charge in [0, 0.05) is 5.56 Å². The third-order valence-corrected chi connectivity index (χ3v) is 2.88. The standard InChI is InChI=1S/C17H16O3/c1-19-15-7-3-5-13(11-15)9-10-17(18)14-6-4-8-16(12-14)20-2/h3-12H,1-2H3.